The first-order valence-electron chi connectivity index (χ1n) is 12.8. The summed E-state index contributed by atoms with van der Waals surface area (Å²) >= 11 is 0. The number of benzene rings is 1. The van der Waals surface area contributed by atoms with Crippen LogP contribution in [0.5, 0.6) is 5.75 Å². The maximum atomic E-state index is 11.0. The lowest BCUT2D eigenvalue weighted by molar-refractivity contribution is -0.114. The van der Waals surface area contributed by atoms with Crippen LogP contribution in [-0.4, -0.2) is 105 Å². The minimum Gasteiger partial charge on any atom is -0.491 e. The second kappa shape index (κ2) is 24.9. The Morgan fingerprint density at radius 1 is 0.583 bits per heavy atom. The molecule has 0 aliphatic heterocycles. The molecule has 0 heterocycles. The van der Waals surface area contributed by atoms with Crippen LogP contribution in [0.4, 0.5) is 5.69 Å². The molecule has 0 saturated carbocycles. The van der Waals surface area contributed by atoms with Crippen molar-refractivity contribution < 1.29 is 42.7 Å². The first-order chi connectivity index (χ1) is 17.7. The first kappa shape index (κ1) is 32.2. The van der Waals surface area contributed by atoms with Crippen LogP contribution in [0.15, 0.2) is 24.3 Å². The Morgan fingerprint density at radius 3 is 1.31 bits per heavy atom. The van der Waals surface area contributed by atoms with E-state index in [1.807, 2.05) is 0 Å². The number of carbonyl (C=O) groups excluding carboxylic acids is 1. The van der Waals surface area contributed by atoms with Gasteiger partial charge in [0.2, 0.25) is 5.91 Å². The van der Waals surface area contributed by atoms with Crippen molar-refractivity contribution in [2.24, 2.45) is 0 Å². The summed E-state index contributed by atoms with van der Waals surface area (Å²) in [6.45, 7) is 11.8. The number of rotatable bonds is 26. The zero-order chi connectivity index (χ0) is 25.9. The van der Waals surface area contributed by atoms with Crippen molar-refractivity contribution in [1.82, 2.24) is 0 Å². The van der Waals surface area contributed by atoms with E-state index in [0.717, 1.165) is 30.9 Å². The molecule has 10 nitrogen and oxygen atoms in total. The standard InChI is InChI=1S/C26H45NO9/c1-3-4-9-29-10-11-30-12-13-31-14-15-32-16-17-33-18-19-34-20-21-35-22-23-36-26-7-5-25(6-8-26)27-24(2)28/h5-8H,3-4,9-23H2,1-2H3,(H,27,28). The lowest BCUT2D eigenvalue weighted by Gasteiger charge is -2.09. The number of nitrogens with one attached hydrogen (secondary N) is 1. The topological polar surface area (TPSA) is 103 Å². The van der Waals surface area contributed by atoms with Crippen molar-refractivity contribution in [3.8, 4) is 5.75 Å². The quantitative estimate of drug-likeness (QED) is 0.187. The van der Waals surface area contributed by atoms with Gasteiger partial charge in [0.05, 0.1) is 85.9 Å². The highest BCUT2D eigenvalue weighted by Gasteiger charge is 1.98. The Labute approximate surface area is 215 Å². The summed E-state index contributed by atoms with van der Waals surface area (Å²) < 4.78 is 43.7. The Morgan fingerprint density at radius 2 is 0.944 bits per heavy atom. The molecule has 0 unspecified atom stereocenters. The van der Waals surface area contributed by atoms with Gasteiger partial charge in [0.25, 0.3) is 0 Å². The minimum atomic E-state index is -0.103. The van der Waals surface area contributed by atoms with Crippen LogP contribution >= 0.6 is 0 Å². The van der Waals surface area contributed by atoms with E-state index in [1.165, 1.54) is 6.92 Å². The van der Waals surface area contributed by atoms with Gasteiger partial charge in [0.1, 0.15) is 12.4 Å². The number of hydrogen-bond donors (Lipinski definition) is 1. The highest BCUT2D eigenvalue weighted by atomic mass is 16.6. The minimum absolute atomic E-state index is 0.103. The molecule has 0 aliphatic carbocycles. The predicted octanol–water partition coefficient (Wildman–Crippen LogP) is 2.94. The van der Waals surface area contributed by atoms with E-state index in [9.17, 15) is 4.79 Å². The van der Waals surface area contributed by atoms with Gasteiger partial charge in [0.15, 0.2) is 0 Å². The van der Waals surface area contributed by atoms with Gasteiger partial charge in [-0.3, -0.25) is 4.79 Å². The predicted molar refractivity (Wildman–Crippen MR) is 137 cm³/mol. The van der Waals surface area contributed by atoms with Crippen molar-refractivity contribution >= 4 is 11.6 Å². The zero-order valence-electron chi connectivity index (χ0n) is 22.0. The summed E-state index contributed by atoms with van der Waals surface area (Å²) in [5.74, 6) is 0.621. The van der Waals surface area contributed by atoms with Gasteiger partial charge in [-0.1, -0.05) is 13.3 Å². The molecule has 1 aromatic carbocycles. The monoisotopic (exact) mass is 515 g/mol. The fraction of sp³-hybridized carbons (Fsp3) is 0.731. The molecule has 0 aliphatic rings. The molecule has 0 aromatic heterocycles. The van der Waals surface area contributed by atoms with Crippen LogP contribution in [-0.2, 0) is 38.0 Å². The molecule has 0 saturated heterocycles. The van der Waals surface area contributed by atoms with Crippen LogP contribution in [0.1, 0.15) is 26.7 Å². The molecule has 0 bridgehead atoms. The summed E-state index contributed by atoms with van der Waals surface area (Å²) in [5, 5.41) is 2.71. The SMILES string of the molecule is CCCCOCCOCCOCCOCCOCCOCCOCCOc1ccc(NC(C)=O)cc1. The Hall–Kier alpha value is -1.79. The van der Waals surface area contributed by atoms with E-state index >= 15 is 0 Å². The molecular formula is C26H45NO9. The lowest BCUT2D eigenvalue weighted by atomic mass is 10.3. The fourth-order valence-electron chi connectivity index (χ4n) is 2.72. The van der Waals surface area contributed by atoms with E-state index in [1.54, 1.807) is 24.3 Å². The number of anilines is 1. The van der Waals surface area contributed by atoms with Gasteiger partial charge in [-0.25, -0.2) is 0 Å². The molecule has 208 valence electrons. The Balaban J connectivity index is 1.72. The highest BCUT2D eigenvalue weighted by molar-refractivity contribution is 5.88. The molecule has 36 heavy (non-hydrogen) atoms. The summed E-state index contributed by atoms with van der Waals surface area (Å²) in [4.78, 5) is 11.0. The molecule has 0 fully saturated rings. The van der Waals surface area contributed by atoms with Gasteiger partial charge in [-0.15, -0.1) is 0 Å². The van der Waals surface area contributed by atoms with E-state index < -0.39 is 0 Å². The number of amides is 1. The van der Waals surface area contributed by atoms with E-state index in [-0.39, 0.29) is 5.91 Å². The second-order valence-electron chi connectivity index (χ2n) is 7.69. The number of carbonyl (C=O) groups is 1. The average molecular weight is 516 g/mol. The normalized spacial score (nSPS) is 11.1. The second-order valence-corrected chi connectivity index (χ2v) is 7.69. The third-order valence-electron chi connectivity index (χ3n) is 4.55. The molecule has 0 radical (unpaired) electrons. The Bertz CT molecular complexity index is 616. The zero-order valence-corrected chi connectivity index (χ0v) is 22.0. The van der Waals surface area contributed by atoms with Crippen molar-refractivity contribution in [2.45, 2.75) is 26.7 Å². The van der Waals surface area contributed by atoms with Gasteiger partial charge < -0.3 is 43.2 Å². The van der Waals surface area contributed by atoms with Gasteiger partial charge in [-0.05, 0) is 30.7 Å². The van der Waals surface area contributed by atoms with Crippen molar-refractivity contribution in [2.75, 3.05) is 104 Å². The summed E-state index contributed by atoms with van der Waals surface area (Å²) in [6.07, 6.45) is 2.24. The van der Waals surface area contributed by atoms with Crippen LogP contribution in [0.25, 0.3) is 0 Å². The maximum absolute atomic E-state index is 11.0. The molecule has 0 spiro atoms. The van der Waals surface area contributed by atoms with Crippen molar-refractivity contribution in [3.05, 3.63) is 24.3 Å². The third-order valence-corrected chi connectivity index (χ3v) is 4.55. The van der Waals surface area contributed by atoms with E-state index in [2.05, 4.69) is 12.2 Å². The number of hydrogen-bond acceptors (Lipinski definition) is 9. The molecule has 10 heteroatoms. The van der Waals surface area contributed by atoms with Crippen LogP contribution < -0.4 is 10.1 Å². The third kappa shape index (κ3) is 21.5. The van der Waals surface area contributed by atoms with E-state index in [0.29, 0.717) is 92.5 Å². The fourth-order valence-corrected chi connectivity index (χ4v) is 2.72. The first-order valence-corrected chi connectivity index (χ1v) is 12.8. The molecule has 1 aromatic rings. The molecule has 1 rings (SSSR count). The maximum Gasteiger partial charge on any atom is 0.221 e. The Kier molecular flexibility index (Phi) is 22.3. The van der Waals surface area contributed by atoms with Crippen LogP contribution in [0.2, 0.25) is 0 Å². The summed E-state index contributed by atoms with van der Waals surface area (Å²) in [5.41, 5.74) is 0.738. The summed E-state index contributed by atoms with van der Waals surface area (Å²) in [7, 11) is 0. The lowest BCUT2D eigenvalue weighted by Crippen LogP contribution is -2.15. The molecule has 1 amide bonds. The van der Waals surface area contributed by atoms with Gasteiger partial charge in [-0.2, -0.15) is 0 Å². The van der Waals surface area contributed by atoms with E-state index in [4.69, 9.17) is 37.9 Å². The smallest absolute Gasteiger partial charge is 0.221 e. The average Bonchev–Trinajstić information content (AvgIpc) is 2.87. The summed E-state index contributed by atoms with van der Waals surface area (Å²) in [6, 6.07) is 7.19. The van der Waals surface area contributed by atoms with Crippen LogP contribution in [0.3, 0.4) is 0 Å². The van der Waals surface area contributed by atoms with Crippen molar-refractivity contribution in [3.63, 3.8) is 0 Å². The highest BCUT2D eigenvalue weighted by Crippen LogP contribution is 2.15. The van der Waals surface area contributed by atoms with Crippen LogP contribution in [0, 0.1) is 0 Å². The molecule has 1 N–H and O–H groups in total. The number of ether oxygens (including phenoxy) is 8. The molecule has 0 atom stereocenters. The molecular weight excluding hydrogens is 470 g/mol. The number of unbranched alkanes of at least 4 members (excludes halogenated alkanes) is 1. The van der Waals surface area contributed by atoms with Gasteiger partial charge >= 0.3 is 0 Å². The largest absolute Gasteiger partial charge is 0.491 e. The van der Waals surface area contributed by atoms with Gasteiger partial charge in [0, 0.05) is 19.2 Å². The van der Waals surface area contributed by atoms with Crippen molar-refractivity contribution in [1.29, 1.82) is 0 Å².